The van der Waals surface area contributed by atoms with Crippen molar-refractivity contribution >= 4 is 17.4 Å². The standard InChI is InChI=1S/C29H28N2O7/c1-35-22-14-20(15-23(36-2)28(22)37-3)25-24(26(32)19-6-7-21-18(13-19)5-4-12-38-21)27(33)29(34)31(25)16-17-8-10-30-11-9-17/h6-11,13-15,25,32H,4-5,12,16H2,1-3H3/b26-24+. The number of ketones is 1. The van der Waals surface area contributed by atoms with Crippen molar-refractivity contribution < 1.29 is 33.6 Å². The quantitative estimate of drug-likeness (QED) is 0.285. The number of fused-ring (bicyclic) bond motifs is 1. The molecule has 2 aromatic carbocycles. The molecule has 3 aromatic rings. The zero-order valence-electron chi connectivity index (χ0n) is 21.4. The predicted octanol–water partition coefficient (Wildman–Crippen LogP) is 4.05. The molecule has 0 bridgehead atoms. The van der Waals surface area contributed by atoms with Gasteiger partial charge in [0, 0.05) is 24.5 Å². The van der Waals surface area contributed by atoms with Gasteiger partial charge in [-0.2, -0.15) is 0 Å². The monoisotopic (exact) mass is 516 g/mol. The number of methoxy groups -OCH3 is 3. The molecule has 0 radical (unpaired) electrons. The topological polar surface area (TPSA) is 107 Å². The number of aliphatic hydroxyl groups excluding tert-OH is 1. The Morgan fingerprint density at radius 1 is 1.03 bits per heavy atom. The summed E-state index contributed by atoms with van der Waals surface area (Å²) in [6.07, 6.45) is 4.90. The number of Topliss-reactive ketones (excluding diaryl/α,β-unsaturated/α-hetero) is 1. The van der Waals surface area contributed by atoms with Crippen LogP contribution < -0.4 is 18.9 Å². The average molecular weight is 517 g/mol. The molecule has 38 heavy (non-hydrogen) atoms. The first-order valence-electron chi connectivity index (χ1n) is 12.2. The van der Waals surface area contributed by atoms with Gasteiger partial charge in [-0.1, -0.05) is 0 Å². The number of benzene rings is 2. The summed E-state index contributed by atoms with van der Waals surface area (Å²) in [5.41, 5.74) is 2.67. The normalized spacial score (nSPS) is 18.1. The molecule has 0 aliphatic carbocycles. The Hall–Kier alpha value is -4.53. The van der Waals surface area contributed by atoms with E-state index in [1.807, 2.05) is 6.07 Å². The summed E-state index contributed by atoms with van der Waals surface area (Å²) in [6, 6.07) is 11.3. The van der Waals surface area contributed by atoms with Gasteiger partial charge in [0.15, 0.2) is 11.5 Å². The van der Waals surface area contributed by atoms with Gasteiger partial charge >= 0.3 is 0 Å². The third-order valence-electron chi connectivity index (χ3n) is 6.83. The number of pyridine rings is 1. The van der Waals surface area contributed by atoms with Crippen LogP contribution in [0, 0.1) is 0 Å². The number of carbonyl (C=O) groups excluding carboxylic acids is 2. The van der Waals surface area contributed by atoms with Crippen LogP contribution in [0.15, 0.2) is 60.4 Å². The second-order valence-electron chi connectivity index (χ2n) is 9.02. The molecule has 9 nitrogen and oxygen atoms in total. The Morgan fingerprint density at radius 2 is 1.74 bits per heavy atom. The minimum atomic E-state index is -0.913. The Labute approximate surface area is 220 Å². The van der Waals surface area contributed by atoms with Crippen LogP contribution in [0.4, 0.5) is 0 Å². The first-order valence-corrected chi connectivity index (χ1v) is 12.2. The number of amides is 1. The van der Waals surface area contributed by atoms with E-state index in [4.69, 9.17) is 18.9 Å². The molecule has 0 spiro atoms. The molecule has 2 aliphatic rings. The van der Waals surface area contributed by atoms with Crippen LogP contribution in [0.5, 0.6) is 23.0 Å². The highest BCUT2D eigenvalue weighted by Crippen LogP contribution is 2.46. The summed E-state index contributed by atoms with van der Waals surface area (Å²) in [5.74, 6) is 0.108. The number of hydrogen-bond donors (Lipinski definition) is 1. The number of carbonyl (C=O) groups is 2. The molecule has 1 fully saturated rings. The average Bonchev–Trinajstić information content (AvgIpc) is 3.21. The Morgan fingerprint density at radius 3 is 2.39 bits per heavy atom. The maximum Gasteiger partial charge on any atom is 0.295 e. The van der Waals surface area contributed by atoms with Crippen molar-refractivity contribution in [2.45, 2.75) is 25.4 Å². The van der Waals surface area contributed by atoms with Gasteiger partial charge in [-0.3, -0.25) is 14.6 Å². The van der Waals surface area contributed by atoms with Gasteiger partial charge in [-0.15, -0.1) is 0 Å². The van der Waals surface area contributed by atoms with Crippen LogP contribution in [-0.2, 0) is 22.6 Å². The van der Waals surface area contributed by atoms with Crippen LogP contribution in [0.1, 0.15) is 34.7 Å². The first kappa shape index (κ1) is 25.1. The third-order valence-corrected chi connectivity index (χ3v) is 6.83. The molecule has 1 saturated heterocycles. The second-order valence-corrected chi connectivity index (χ2v) is 9.02. The molecule has 1 atom stereocenters. The molecule has 1 aromatic heterocycles. The summed E-state index contributed by atoms with van der Waals surface area (Å²) in [7, 11) is 4.48. The Kier molecular flexibility index (Phi) is 6.91. The molecule has 1 N–H and O–H groups in total. The van der Waals surface area contributed by atoms with Gasteiger partial charge in [0.1, 0.15) is 11.5 Å². The van der Waals surface area contributed by atoms with E-state index in [9.17, 15) is 14.7 Å². The van der Waals surface area contributed by atoms with E-state index in [0.717, 1.165) is 29.7 Å². The lowest BCUT2D eigenvalue weighted by Gasteiger charge is -2.26. The van der Waals surface area contributed by atoms with Gasteiger partial charge in [-0.05, 0) is 72.0 Å². The molecule has 2 aliphatic heterocycles. The minimum absolute atomic E-state index is 0.0185. The molecular weight excluding hydrogens is 488 g/mol. The summed E-state index contributed by atoms with van der Waals surface area (Å²) < 4.78 is 22.2. The van der Waals surface area contributed by atoms with E-state index in [1.165, 1.54) is 26.2 Å². The molecule has 196 valence electrons. The van der Waals surface area contributed by atoms with Crippen LogP contribution in [0.25, 0.3) is 5.76 Å². The van der Waals surface area contributed by atoms with Crippen molar-refractivity contribution in [3.05, 3.63) is 82.7 Å². The zero-order valence-corrected chi connectivity index (χ0v) is 21.4. The van der Waals surface area contributed by atoms with Gasteiger partial charge in [0.2, 0.25) is 5.75 Å². The van der Waals surface area contributed by atoms with E-state index in [0.29, 0.717) is 35.0 Å². The maximum atomic E-state index is 13.5. The fourth-order valence-corrected chi connectivity index (χ4v) is 5.00. The lowest BCUT2D eigenvalue weighted by atomic mass is 9.93. The van der Waals surface area contributed by atoms with E-state index in [-0.39, 0.29) is 17.9 Å². The molecule has 3 heterocycles. The second kappa shape index (κ2) is 10.5. The number of hydrogen-bond acceptors (Lipinski definition) is 8. The number of aliphatic hydroxyl groups is 1. The summed E-state index contributed by atoms with van der Waals surface area (Å²) in [6.45, 7) is 0.767. The van der Waals surface area contributed by atoms with Gasteiger partial charge in [-0.25, -0.2) is 0 Å². The van der Waals surface area contributed by atoms with Gasteiger partial charge < -0.3 is 29.0 Å². The maximum absolute atomic E-state index is 13.5. The summed E-state index contributed by atoms with van der Waals surface area (Å²) >= 11 is 0. The van der Waals surface area contributed by atoms with Crippen molar-refractivity contribution in [3.63, 3.8) is 0 Å². The number of nitrogens with zero attached hydrogens (tertiary/aromatic N) is 2. The van der Waals surface area contributed by atoms with Gasteiger partial charge in [0.25, 0.3) is 11.7 Å². The van der Waals surface area contributed by atoms with Crippen molar-refractivity contribution in [1.29, 1.82) is 0 Å². The van der Waals surface area contributed by atoms with Crippen molar-refractivity contribution in [3.8, 4) is 23.0 Å². The minimum Gasteiger partial charge on any atom is -0.507 e. The lowest BCUT2D eigenvalue weighted by Crippen LogP contribution is -2.29. The molecular formula is C29H28N2O7. The van der Waals surface area contributed by atoms with E-state index in [2.05, 4.69) is 4.98 Å². The predicted molar refractivity (Wildman–Crippen MR) is 138 cm³/mol. The number of rotatable bonds is 7. The largest absolute Gasteiger partial charge is 0.507 e. The first-order chi connectivity index (χ1) is 18.5. The molecule has 5 rings (SSSR count). The number of aromatic nitrogens is 1. The van der Waals surface area contributed by atoms with Crippen molar-refractivity contribution in [1.82, 2.24) is 9.88 Å². The lowest BCUT2D eigenvalue weighted by molar-refractivity contribution is -0.140. The molecule has 9 heteroatoms. The fourth-order valence-electron chi connectivity index (χ4n) is 5.00. The van der Waals surface area contributed by atoms with Crippen LogP contribution >= 0.6 is 0 Å². The Bertz CT molecular complexity index is 1390. The van der Waals surface area contributed by atoms with E-state index < -0.39 is 17.7 Å². The highest BCUT2D eigenvalue weighted by Gasteiger charge is 2.46. The van der Waals surface area contributed by atoms with E-state index in [1.54, 1.807) is 48.8 Å². The number of likely N-dealkylation sites (tertiary alicyclic amines) is 1. The van der Waals surface area contributed by atoms with Crippen molar-refractivity contribution in [2.24, 2.45) is 0 Å². The fraction of sp³-hybridized carbons (Fsp3) is 0.276. The molecule has 0 saturated carbocycles. The van der Waals surface area contributed by atoms with Crippen LogP contribution in [0.2, 0.25) is 0 Å². The number of ether oxygens (including phenoxy) is 4. The summed E-state index contributed by atoms with van der Waals surface area (Å²) in [4.78, 5) is 32.4. The number of aryl methyl sites for hydroxylation is 1. The summed E-state index contributed by atoms with van der Waals surface area (Å²) in [5, 5.41) is 11.5. The highest BCUT2D eigenvalue weighted by molar-refractivity contribution is 6.46. The third kappa shape index (κ3) is 4.40. The smallest absolute Gasteiger partial charge is 0.295 e. The van der Waals surface area contributed by atoms with Crippen LogP contribution in [-0.4, -0.2) is 54.6 Å². The Balaban J connectivity index is 1.70. The molecule has 1 amide bonds. The van der Waals surface area contributed by atoms with Gasteiger partial charge in [0.05, 0.1) is 39.6 Å². The van der Waals surface area contributed by atoms with Crippen LogP contribution in [0.3, 0.4) is 0 Å². The van der Waals surface area contributed by atoms with E-state index >= 15 is 0 Å². The SMILES string of the molecule is COc1cc(C2/C(=C(\O)c3ccc4c(c3)CCCO4)C(=O)C(=O)N2Cc2ccncc2)cc(OC)c1OC. The van der Waals surface area contributed by atoms with Crippen molar-refractivity contribution in [2.75, 3.05) is 27.9 Å². The highest BCUT2D eigenvalue weighted by atomic mass is 16.5. The zero-order chi connectivity index (χ0) is 26.8. The molecule has 1 unspecified atom stereocenters.